The second-order valence-corrected chi connectivity index (χ2v) is 7.39. The Hall–Kier alpha value is -2.82. The molecule has 0 saturated carbocycles. The largest absolute Gasteiger partial charge is 0.484 e. The molecule has 0 bridgehead atoms. The third-order valence-electron chi connectivity index (χ3n) is 4.55. The molecule has 0 radical (unpaired) electrons. The van der Waals surface area contributed by atoms with Crippen LogP contribution in [-0.4, -0.2) is 35.4 Å². The SMILES string of the molecule is Cc1cccc(OCC(=O)N(Cc2ccccc2C)[C@@H](C)C(=O)NC(C)C)c1. The molecule has 0 aliphatic rings. The Labute approximate surface area is 167 Å². The van der Waals surface area contributed by atoms with Crippen LogP contribution in [0.1, 0.15) is 37.5 Å². The molecule has 0 heterocycles. The van der Waals surface area contributed by atoms with Crippen molar-refractivity contribution < 1.29 is 14.3 Å². The van der Waals surface area contributed by atoms with Crippen molar-refractivity contribution in [3.63, 3.8) is 0 Å². The molecule has 2 aromatic rings. The molecule has 1 atom stereocenters. The van der Waals surface area contributed by atoms with Gasteiger partial charge in [0.05, 0.1) is 0 Å². The zero-order chi connectivity index (χ0) is 20.7. The van der Waals surface area contributed by atoms with Crippen LogP contribution in [0.2, 0.25) is 0 Å². The summed E-state index contributed by atoms with van der Waals surface area (Å²) in [6.07, 6.45) is 0. The van der Waals surface area contributed by atoms with Gasteiger partial charge < -0.3 is 15.0 Å². The first-order chi connectivity index (χ1) is 13.3. The lowest BCUT2D eigenvalue weighted by Crippen LogP contribution is -2.50. The van der Waals surface area contributed by atoms with Crippen LogP contribution in [0.15, 0.2) is 48.5 Å². The Morgan fingerprint density at radius 2 is 1.75 bits per heavy atom. The number of ether oxygens (including phenoxy) is 1. The molecule has 2 rings (SSSR count). The number of rotatable bonds is 8. The maximum absolute atomic E-state index is 13.0. The fourth-order valence-electron chi connectivity index (χ4n) is 2.89. The molecule has 0 aliphatic heterocycles. The van der Waals surface area contributed by atoms with Gasteiger partial charge in [-0.2, -0.15) is 0 Å². The highest BCUT2D eigenvalue weighted by Crippen LogP contribution is 2.16. The minimum Gasteiger partial charge on any atom is -0.484 e. The number of hydrogen-bond donors (Lipinski definition) is 1. The van der Waals surface area contributed by atoms with Crippen LogP contribution in [0.4, 0.5) is 0 Å². The number of carbonyl (C=O) groups excluding carboxylic acids is 2. The Kier molecular flexibility index (Phi) is 7.61. The molecule has 0 saturated heterocycles. The summed E-state index contributed by atoms with van der Waals surface area (Å²) >= 11 is 0. The second-order valence-electron chi connectivity index (χ2n) is 7.39. The van der Waals surface area contributed by atoms with Crippen LogP contribution in [0.25, 0.3) is 0 Å². The van der Waals surface area contributed by atoms with Crippen LogP contribution >= 0.6 is 0 Å². The smallest absolute Gasteiger partial charge is 0.261 e. The standard InChI is InChI=1S/C23H30N2O3/c1-16(2)24-23(27)19(5)25(14-20-11-7-6-10-18(20)4)22(26)15-28-21-12-8-9-17(3)13-21/h6-13,16,19H,14-15H2,1-5H3,(H,24,27)/t19-/m0/s1. The van der Waals surface area contributed by atoms with Gasteiger partial charge in [0.25, 0.3) is 5.91 Å². The molecule has 2 aromatic carbocycles. The summed E-state index contributed by atoms with van der Waals surface area (Å²) in [5.74, 6) is 0.243. The van der Waals surface area contributed by atoms with Crippen LogP contribution in [0, 0.1) is 13.8 Å². The Bertz CT molecular complexity index is 817. The number of nitrogens with zero attached hydrogens (tertiary/aromatic N) is 1. The summed E-state index contributed by atoms with van der Waals surface area (Å²) in [7, 11) is 0. The van der Waals surface area contributed by atoms with Crippen molar-refractivity contribution in [3.8, 4) is 5.75 Å². The van der Waals surface area contributed by atoms with Gasteiger partial charge in [0.1, 0.15) is 11.8 Å². The topological polar surface area (TPSA) is 58.6 Å². The van der Waals surface area contributed by atoms with E-state index in [2.05, 4.69) is 5.32 Å². The lowest BCUT2D eigenvalue weighted by atomic mass is 10.1. The lowest BCUT2D eigenvalue weighted by molar-refractivity contribution is -0.142. The first-order valence-electron chi connectivity index (χ1n) is 9.61. The van der Waals surface area contributed by atoms with E-state index in [1.165, 1.54) is 0 Å². The maximum atomic E-state index is 13.0. The second kappa shape index (κ2) is 9.93. The molecule has 0 aromatic heterocycles. The monoisotopic (exact) mass is 382 g/mol. The zero-order valence-electron chi connectivity index (χ0n) is 17.4. The van der Waals surface area contributed by atoms with E-state index in [9.17, 15) is 9.59 Å². The summed E-state index contributed by atoms with van der Waals surface area (Å²) in [5, 5.41) is 2.89. The van der Waals surface area contributed by atoms with Crippen molar-refractivity contribution in [2.24, 2.45) is 0 Å². The van der Waals surface area contributed by atoms with E-state index in [1.54, 1.807) is 11.8 Å². The van der Waals surface area contributed by atoms with Gasteiger partial charge in [-0.15, -0.1) is 0 Å². The number of benzene rings is 2. The van der Waals surface area contributed by atoms with Gasteiger partial charge in [0.15, 0.2) is 6.61 Å². The van der Waals surface area contributed by atoms with E-state index in [0.29, 0.717) is 12.3 Å². The molecule has 0 aliphatic carbocycles. The van der Waals surface area contributed by atoms with Gasteiger partial charge in [-0.25, -0.2) is 0 Å². The van der Waals surface area contributed by atoms with Crippen LogP contribution in [-0.2, 0) is 16.1 Å². The van der Waals surface area contributed by atoms with Gasteiger partial charge >= 0.3 is 0 Å². The van der Waals surface area contributed by atoms with Gasteiger partial charge in [-0.1, -0.05) is 36.4 Å². The molecule has 2 amide bonds. The fraction of sp³-hybridized carbons (Fsp3) is 0.391. The minimum absolute atomic E-state index is 0.00825. The molecular formula is C23H30N2O3. The van der Waals surface area contributed by atoms with Gasteiger partial charge in [0, 0.05) is 12.6 Å². The average molecular weight is 383 g/mol. The maximum Gasteiger partial charge on any atom is 0.261 e. The van der Waals surface area contributed by atoms with Crippen molar-refractivity contribution in [1.29, 1.82) is 0 Å². The normalized spacial score (nSPS) is 11.8. The van der Waals surface area contributed by atoms with Gasteiger partial charge in [-0.05, 0) is 63.4 Å². The highest BCUT2D eigenvalue weighted by molar-refractivity contribution is 5.88. The first kappa shape index (κ1) is 21.5. The van der Waals surface area contributed by atoms with E-state index in [4.69, 9.17) is 4.74 Å². The Morgan fingerprint density at radius 1 is 1.04 bits per heavy atom. The van der Waals surface area contributed by atoms with E-state index in [0.717, 1.165) is 16.7 Å². The molecule has 0 fully saturated rings. The summed E-state index contributed by atoms with van der Waals surface area (Å²) in [6, 6.07) is 14.8. The van der Waals surface area contributed by atoms with Crippen molar-refractivity contribution in [2.75, 3.05) is 6.61 Å². The molecule has 5 heteroatoms. The van der Waals surface area contributed by atoms with Crippen LogP contribution < -0.4 is 10.1 Å². The molecule has 0 spiro atoms. The van der Waals surface area contributed by atoms with Gasteiger partial charge in [0.2, 0.25) is 5.91 Å². The molecule has 0 unspecified atom stereocenters. The quantitative estimate of drug-likeness (QED) is 0.759. The van der Waals surface area contributed by atoms with E-state index >= 15 is 0 Å². The molecular weight excluding hydrogens is 352 g/mol. The lowest BCUT2D eigenvalue weighted by Gasteiger charge is -2.29. The van der Waals surface area contributed by atoms with Crippen molar-refractivity contribution in [1.82, 2.24) is 10.2 Å². The van der Waals surface area contributed by atoms with E-state index in [1.807, 2.05) is 76.2 Å². The number of aryl methyl sites for hydroxylation is 2. The predicted molar refractivity (Wildman–Crippen MR) is 111 cm³/mol. The minimum atomic E-state index is -0.601. The highest BCUT2D eigenvalue weighted by atomic mass is 16.5. The third-order valence-corrected chi connectivity index (χ3v) is 4.55. The Balaban J connectivity index is 2.17. The van der Waals surface area contributed by atoms with E-state index in [-0.39, 0.29) is 24.5 Å². The van der Waals surface area contributed by atoms with Crippen molar-refractivity contribution in [3.05, 3.63) is 65.2 Å². The number of carbonyl (C=O) groups is 2. The van der Waals surface area contributed by atoms with Crippen molar-refractivity contribution >= 4 is 11.8 Å². The molecule has 150 valence electrons. The molecule has 1 N–H and O–H groups in total. The summed E-state index contributed by atoms with van der Waals surface area (Å²) in [5.41, 5.74) is 3.15. The summed E-state index contributed by atoms with van der Waals surface area (Å²) < 4.78 is 5.69. The predicted octanol–water partition coefficient (Wildman–Crippen LogP) is 3.62. The summed E-state index contributed by atoms with van der Waals surface area (Å²) in [6.45, 7) is 9.76. The molecule has 5 nitrogen and oxygen atoms in total. The highest BCUT2D eigenvalue weighted by Gasteiger charge is 2.27. The molecule has 28 heavy (non-hydrogen) atoms. The number of amides is 2. The fourth-order valence-corrected chi connectivity index (χ4v) is 2.89. The van der Waals surface area contributed by atoms with E-state index < -0.39 is 6.04 Å². The van der Waals surface area contributed by atoms with Crippen LogP contribution in [0.5, 0.6) is 5.75 Å². The van der Waals surface area contributed by atoms with Crippen LogP contribution in [0.3, 0.4) is 0 Å². The average Bonchev–Trinajstić information content (AvgIpc) is 2.64. The zero-order valence-corrected chi connectivity index (χ0v) is 17.4. The Morgan fingerprint density at radius 3 is 2.39 bits per heavy atom. The third kappa shape index (κ3) is 6.12. The number of hydrogen-bond acceptors (Lipinski definition) is 3. The number of nitrogens with one attached hydrogen (secondary N) is 1. The first-order valence-corrected chi connectivity index (χ1v) is 9.61. The summed E-state index contributed by atoms with van der Waals surface area (Å²) in [4.78, 5) is 27.1. The van der Waals surface area contributed by atoms with Crippen molar-refractivity contribution in [2.45, 2.75) is 53.2 Å². The van der Waals surface area contributed by atoms with Gasteiger partial charge in [-0.3, -0.25) is 9.59 Å².